The van der Waals surface area contributed by atoms with E-state index in [2.05, 4.69) is 34.7 Å². The zero-order valence-corrected chi connectivity index (χ0v) is 19.6. The van der Waals surface area contributed by atoms with Gasteiger partial charge in [0.1, 0.15) is 5.75 Å². The monoisotopic (exact) mass is 475 g/mol. The van der Waals surface area contributed by atoms with Crippen LogP contribution in [0.4, 0.5) is 4.79 Å². The molecule has 1 N–H and O–H groups in total. The number of hydroxylamine groups is 1. The molecule has 0 radical (unpaired) electrons. The number of pyridine rings is 1. The normalized spacial score (nSPS) is 21.4. The lowest BCUT2D eigenvalue weighted by atomic mass is 10.00. The summed E-state index contributed by atoms with van der Waals surface area (Å²) in [7, 11) is 0. The van der Waals surface area contributed by atoms with Crippen LogP contribution in [0.25, 0.3) is 22.0 Å². The molecule has 3 aliphatic heterocycles. The first kappa shape index (κ1) is 22.3. The average Bonchev–Trinajstić information content (AvgIpc) is 2.92. The molecule has 2 fully saturated rings. The van der Waals surface area contributed by atoms with Crippen LogP contribution in [0.2, 0.25) is 0 Å². The lowest BCUT2D eigenvalue weighted by Gasteiger charge is -2.43. The second kappa shape index (κ2) is 9.45. The van der Waals surface area contributed by atoms with Crippen LogP contribution in [0.1, 0.15) is 37.7 Å². The third-order valence-corrected chi connectivity index (χ3v) is 7.00. The van der Waals surface area contributed by atoms with Crippen molar-refractivity contribution in [1.82, 2.24) is 15.4 Å². The minimum absolute atomic E-state index is 0.252. The van der Waals surface area contributed by atoms with Gasteiger partial charge in [0, 0.05) is 61.7 Å². The van der Waals surface area contributed by atoms with Gasteiger partial charge in [0.25, 0.3) is 0 Å². The van der Waals surface area contributed by atoms with Gasteiger partial charge < -0.3 is 19.1 Å². The number of benzene rings is 2. The van der Waals surface area contributed by atoms with Gasteiger partial charge >= 0.3 is 6.03 Å². The maximum absolute atomic E-state index is 12.5. The van der Waals surface area contributed by atoms with Crippen LogP contribution in [0.5, 0.6) is 5.75 Å². The Morgan fingerprint density at radius 1 is 1.09 bits per heavy atom. The van der Waals surface area contributed by atoms with Gasteiger partial charge in [-0.3, -0.25) is 4.98 Å². The molecular weight excluding hydrogens is 446 g/mol. The average molecular weight is 476 g/mol. The first-order chi connectivity index (χ1) is 17.2. The predicted octanol–water partition coefficient (Wildman–Crippen LogP) is 4.77. The number of carbonyl (C=O) groups is 1. The Labute approximate surface area is 204 Å². The number of aromatic nitrogens is 1. The summed E-state index contributed by atoms with van der Waals surface area (Å²) >= 11 is 0. The van der Waals surface area contributed by atoms with Gasteiger partial charge in [-0.2, -0.15) is 0 Å². The number of ether oxygens (including phenoxy) is 3. The van der Waals surface area contributed by atoms with Crippen LogP contribution in [0.15, 0.2) is 54.7 Å². The van der Waals surface area contributed by atoms with Crippen LogP contribution in [0, 0.1) is 0 Å². The summed E-state index contributed by atoms with van der Waals surface area (Å²) in [6, 6.07) is 16.2. The number of urea groups is 1. The van der Waals surface area contributed by atoms with Crippen molar-refractivity contribution < 1.29 is 23.8 Å². The van der Waals surface area contributed by atoms with E-state index in [1.807, 2.05) is 30.5 Å². The number of fused-ring (bicyclic) bond motifs is 2. The third kappa shape index (κ3) is 4.69. The molecule has 4 heterocycles. The fraction of sp³-hybridized carbons (Fsp3) is 0.407. The summed E-state index contributed by atoms with van der Waals surface area (Å²) < 4.78 is 18.1. The Morgan fingerprint density at radius 2 is 1.94 bits per heavy atom. The van der Waals surface area contributed by atoms with Gasteiger partial charge in [-0.25, -0.2) is 15.1 Å². The molecule has 35 heavy (non-hydrogen) atoms. The Hall–Kier alpha value is -3.20. The highest BCUT2D eigenvalue weighted by Gasteiger charge is 2.42. The Balaban J connectivity index is 1.08. The van der Waals surface area contributed by atoms with Gasteiger partial charge in [0.2, 0.25) is 5.79 Å². The molecule has 2 saturated heterocycles. The fourth-order valence-corrected chi connectivity index (χ4v) is 4.91. The number of carbonyl (C=O) groups excluding carboxylic acids is 1. The smallest absolute Gasteiger partial charge is 0.341 e. The van der Waals surface area contributed by atoms with Crippen molar-refractivity contribution in [1.29, 1.82) is 0 Å². The van der Waals surface area contributed by atoms with E-state index >= 15 is 0 Å². The van der Waals surface area contributed by atoms with Gasteiger partial charge in [-0.05, 0) is 42.5 Å². The molecule has 1 spiro atoms. The van der Waals surface area contributed by atoms with Gasteiger partial charge in [0.15, 0.2) is 6.29 Å². The summed E-state index contributed by atoms with van der Waals surface area (Å²) in [5.74, 6) is 0.122. The fourth-order valence-electron chi connectivity index (χ4n) is 4.91. The van der Waals surface area contributed by atoms with Gasteiger partial charge in [0.05, 0.1) is 12.3 Å². The quantitative estimate of drug-likeness (QED) is 0.550. The summed E-state index contributed by atoms with van der Waals surface area (Å²) in [6.45, 7) is 2.18. The summed E-state index contributed by atoms with van der Waals surface area (Å²) in [4.78, 5) is 24.3. The lowest BCUT2D eigenvalue weighted by Crippen LogP contribution is -2.54. The number of amides is 2. The molecule has 1 atom stereocenters. The number of rotatable bonds is 3. The molecule has 0 aliphatic carbocycles. The number of hydrogen-bond acceptors (Lipinski definition) is 6. The zero-order chi connectivity index (χ0) is 23.7. The Bertz CT molecular complexity index is 1220. The molecule has 3 aliphatic rings. The van der Waals surface area contributed by atoms with Crippen LogP contribution in [0.3, 0.4) is 0 Å². The van der Waals surface area contributed by atoms with E-state index in [-0.39, 0.29) is 12.3 Å². The van der Waals surface area contributed by atoms with E-state index < -0.39 is 5.79 Å². The first-order valence-corrected chi connectivity index (χ1v) is 12.3. The molecule has 1 unspecified atom stereocenters. The Morgan fingerprint density at radius 3 is 2.77 bits per heavy atom. The Kier molecular flexibility index (Phi) is 6.01. The van der Waals surface area contributed by atoms with Crippen molar-refractivity contribution in [2.75, 3.05) is 19.7 Å². The highest BCUT2D eigenvalue weighted by atomic mass is 16.8. The van der Waals surface area contributed by atoms with Crippen LogP contribution in [-0.4, -0.2) is 47.7 Å². The van der Waals surface area contributed by atoms with Crippen molar-refractivity contribution in [3.8, 4) is 17.0 Å². The van der Waals surface area contributed by atoms with Crippen molar-refractivity contribution in [3.05, 3.63) is 60.3 Å². The zero-order valence-electron chi connectivity index (χ0n) is 19.6. The molecule has 0 bridgehead atoms. The molecule has 182 valence electrons. The topological polar surface area (TPSA) is 82.2 Å². The highest BCUT2D eigenvalue weighted by molar-refractivity contribution is 5.85. The lowest BCUT2D eigenvalue weighted by molar-refractivity contribution is -0.226. The second-order valence-electron chi connectivity index (χ2n) is 9.35. The van der Waals surface area contributed by atoms with Crippen molar-refractivity contribution in [2.24, 2.45) is 0 Å². The van der Waals surface area contributed by atoms with E-state index in [4.69, 9.17) is 19.0 Å². The van der Waals surface area contributed by atoms with Crippen molar-refractivity contribution in [2.45, 2.75) is 50.8 Å². The molecule has 2 aromatic carbocycles. The van der Waals surface area contributed by atoms with Gasteiger partial charge in [-0.1, -0.05) is 24.3 Å². The maximum atomic E-state index is 12.5. The molecular formula is C27H29N3O5. The van der Waals surface area contributed by atoms with Crippen molar-refractivity contribution >= 4 is 16.8 Å². The molecule has 0 saturated carbocycles. The number of likely N-dealkylation sites (tertiary alicyclic amines) is 1. The molecule has 6 rings (SSSR count). The predicted molar refractivity (Wildman–Crippen MR) is 129 cm³/mol. The summed E-state index contributed by atoms with van der Waals surface area (Å²) in [5, 5.41) is 2.28. The molecule has 1 aromatic heterocycles. The van der Waals surface area contributed by atoms with Crippen LogP contribution < -0.4 is 10.2 Å². The molecule has 2 amide bonds. The summed E-state index contributed by atoms with van der Waals surface area (Å²) in [5.41, 5.74) is 5.50. The third-order valence-electron chi connectivity index (χ3n) is 7.00. The number of piperidine rings is 1. The first-order valence-electron chi connectivity index (χ1n) is 12.3. The number of hydrogen-bond donors (Lipinski definition) is 1. The van der Waals surface area contributed by atoms with E-state index in [1.165, 1.54) is 0 Å². The minimum Gasteiger partial charge on any atom is -0.462 e. The largest absolute Gasteiger partial charge is 0.462 e. The molecule has 8 nitrogen and oxygen atoms in total. The van der Waals surface area contributed by atoms with Crippen molar-refractivity contribution in [3.63, 3.8) is 0 Å². The van der Waals surface area contributed by atoms with E-state index in [0.29, 0.717) is 39.1 Å². The summed E-state index contributed by atoms with van der Waals surface area (Å²) in [6.07, 6.45) is 5.60. The SMILES string of the molecule is O=C(NOC1CCCCO1)N1CCC2(CC1)OCc1cc(-c3cc4ccccc4cn3)ccc1O2. The van der Waals surface area contributed by atoms with E-state index in [1.54, 1.807) is 4.90 Å². The van der Waals surface area contributed by atoms with E-state index in [9.17, 15) is 4.79 Å². The molecule has 8 heteroatoms. The van der Waals surface area contributed by atoms with E-state index in [0.717, 1.165) is 52.6 Å². The standard InChI is InChI=1S/C27H29N3O5/c31-26(29-35-25-7-3-4-14-32-25)30-12-10-27(11-13-30)33-18-22-15-20(8-9-24(22)34-27)23-16-19-5-1-2-6-21(19)17-28-23/h1-2,5-6,8-9,15-17,25H,3-4,7,10-14,18H2,(H,29,31). The van der Waals surface area contributed by atoms with Crippen LogP contribution >= 0.6 is 0 Å². The molecule has 3 aromatic rings. The minimum atomic E-state index is -0.708. The van der Waals surface area contributed by atoms with Gasteiger partial charge in [-0.15, -0.1) is 0 Å². The number of nitrogens with zero attached hydrogens (tertiary/aromatic N) is 2. The van der Waals surface area contributed by atoms with Crippen LogP contribution in [-0.2, 0) is 20.9 Å². The second-order valence-corrected chi connectivity index (χ2v) is 9.35. The number of nitrogens with one attached hydrogen (secondary N) is 1. The highest BCUT2D eigenvalue weighted by Crippen LogP contribution is 2.39. The maximum Gasteiger partial charge on any atom is 0.341 e.